The van der Waals surface area contributed by atoms with Crippen LogP contribution in [0.2, 0.25) is 0 Å². The average Bonchev–Trinajstić information content (AvgIpc) is 3.47. The maximum absolute atomic E-state index is 13.2. The summed E-state index contributed by atoms with van der Waals surface area (Å²) in [6.45, 7) is 1.07. The number of aliphatic hydroxyl groups is 1. The van der Waals surface area contributed by atoms with E-state index in [4.69, 9.17) is 4.42 Å². The molecule has 0 bridgehead atoms. The van der Waals surface area contributed by atoms with Crippen molar-refractivity contribution in [3.05, 3.63) is 120 Å². The lowest BCUT2D eigenvalue weighted by Gasteiger charge is -2.12. The zero-order chi connectivity index (χ0) is 28.0. The number of aliphatic hydroxyl groups excluding tert-OH is 1. The second-order valence-corrected chi connectivity index (χ2v) is 10.8. The van der Waals surface area contributed by atoms with Crippen LogP contribution in [0.15, 0.2) is 113 Å². The molecule has 0 aliphatic heterocycles. The topological polar surface area (TPSA) is 117 Å². The molecule has 0 fully saturated rings. The van der Waals surface area contributed by atoms with Crippen LogP contribution < -0.4 is 10.0 Å². The first kappa shape index (κ1) is 27.2. The quantitative estimate of drug-likeness (QED) is 0.191. The Morgan fingerprint density at radius 1 is 0.900 bits per heavy atom. The van der Waals surface area contributed by atoms with Gasteiger partial charge in [-0.2, -0.15) is 0 Å². The Balaban J connectivity index is 1.14. The molecule has 0 aliphatic rings. The maximum Gasteiger partial charge on any atom is 0.261 e. The number of anilines is 1. The van der Waals surface area contributed by atoms with Gasteiger partial charge in [0.1, 0.15) is 5.82 Å². The number of hydrogen-bond donors (Lipinski definition) is 3. The van der Waals surface area contributed by atoms with E-state index in [2.05, 4.69) is 20.0 Å². The SMILES string of the molecule is O=S(=O)(Nc1ccc(CCNC[C@H](O)c2cccnc2)cc1)c1ccc(-c2cnc(-c3ccc(F)cc3)o2)cc1. The van der Waals surface area contributed by atoms with Gasteiger partial charge in [0.2, 0.25) is 5.89 Å². The largest absolute Gasteiger partial charge is 0.436 e. The summed E-state index contributed by atoms with van der Waals surface area (Å²) in [6, 6.07) is 22.9. The van der Waals surface area contributed by atoms with Gasteiger partial charge in [-0.05, 0) is 85.3 Å². The highest BCUT2D eigenvalue weighted by molar-refractivity contribution is 7.92. The van der Waals surface area contributed by atoms with Crippen molar-refractivity contribution in [1.82, 2.24) is 15.3 Å². The van der Waals surface area contributed by atoms with Gasteiger partial charge in [0.25, 0.3) is 10.0 Å². The van der Waals surface area contributed by atoms with Crippen LogP contribution in [-0.2, 0) is 16.4 Å². The predicted octanol–water partition coefficient (Wildman–Crippen LogP) is 5.21. The van der Waals surface area contributed by atoms with Crippen LogP contribution in [0.5, 0.6) is 0 Å². The highest BCUT2D eigenvalue weighted by Crippen LogP contribution is 2.27. The first-order chi connectivity index (χ1) is 19.4. The van der Waals surface area contributed by atoms with Crippen LogP contribution in [0.25, 0.3) is 22.8 Å². The van der Waals surface area contributed by atoms with Gasteiger partial charge < -0.3 is 14.8 Å². The molecule has 2 aromatic heterocycles. The molecule has 0 radical (unpaired) electrons. The van der Waals surface area contributed by atoms with Gasteiger partial charge in [-0.15, -0.1) is 0 Å². The van der Waals surface area contributed by atoms with E-state index in [9.17, 15) is 17.9 Å². The Bertz CT molecular complexity index is 1640. The van der Waals surface area contributed by atoms with Gasteiger partial charge in [-0.1, -0.05) is 18.2 Å². The van der Waals surface area contributed by atoms with E-state index in [1.807, 2.05) is 18.2 Å². The van der Waals surface area contributed by atoms with Gasteiger partial charge in [-0.3, -0.25) is 9.71 Å². The molecule has 2 heterocycles. The molecule has 0 spiro atoms. The minimum absolute atomic E-state index is 0.106. The van der Waals surface area contributed by atoms with E-state index in [1.54, 1.807) is 61.1 Å². The lowest BCUT2D eigenvalue weighted by molar-refractivity contribution is 0.174. The summed E-state index contributed by atoms with van der Waals surface area (Å²) in [5.74, 6) is 0.460. The second kappa shape index (κ2) is 12.2. The molecule has 0 aliphatic carbocycles. The van der Waals surface area contributed by atoms with Crippen LogP contribution in [-0.4, -0.2) is 36.6 Å². The Morgan fingerprint density at radius 2 is 1.62 bits per heavy atom. The molecule has 0 amide bonds. The molecule has 3 aromatic carbocycles. The normalized spacial score (nSPS) is 12.2. The smallest absolute Gasteiger partial charge is 0.261 e. The van der Waals surface area contributed by atoms with Gasteiger partial charge in [0.15, 0.2) is 5.76 Å². The fourth-order valence-electron chi connectivity index (χ4n) is 4.05. The first-order valence-corrected chi connectivity index (χ1v) is 14.1. The number of halogens is 1. The van der Waals surface area contributed by atoms with E-state index in [1.165, 1.54) is 24.3 Å². The third-order valence-electron chi connectivity index (χ3n) is 6.25. The Hall–Kier alpha value is -4.38. The lowest BCUT2D eigenvalue weighted by Crippen LogP contribution is -2.23. The highest BCUT2D eigenvalue weighted by Gasteiger charge is 2.16. The number of nitrogens with zero attached hydrogens (tertiary/aromatic N) is 2. The summed E-state index contributed by atoms with van der Waals surface area (Å²) in [5.41, 5.74) is 3.54. The summed E-state index contributed by atoms with van der Waals surface area (Å²) < 4.78 is 47.4. The van der Waals surface area contributed by atoms with E-state index >= 15 is 0 Å². The zero-order valence-electron chi connectivity index (χ0n) is 21.4. The number of pyridine rings is 1. The minimum Gasteiger partial charge on any atom is -0.436 e. The number of benzene rings is 3. The molecule has 5 aromatic rings. The highest BCUT2D eigenvalue weighted by atomic mass is 32.2. The molecule has 5 rings (SSSR count). The molecule has 0 saturated heterocycles. The molecule has 1 atom stereocenters. The maximum atomic E-state index is 13.2. The van der Waals surface area contributed by atoms with Gasteiger partial charge in [0, 0.05) is 41.3 Å². The van der Waals surface area contributed by atoms with E-state index in [0.29, 0.717) is 41.6 Å². The monoisotopic (exact) mass is 558 g/mol. The van der Waals surface area contributed by atoms with E-state index in [0.717, 1.165) is 17.5 Å². The molecule has 10 heteroatoms. The van der Waals surface area contributed by atoms with Gasteiger partial charge >= 0.3 is 0 Å². The Kier molecular flexibility index (Phi) is 8.30. The molecule has 3 N–H and O–H groups in total. The lowest BCUT2D eigenvalue weighted by atomic mass is 10.1. The second-order valence-electron chi connectivity index (χ2n) is 9.12. The standard InChI is InChI=1S/C30H27FN4O4S/c31-25-9-5-23(6-10-25)30-34-20-29(39-30)22-7-13-27(14-8-22)40(37,38)35-26-11-3-21(4-12-26)15-17-33-19-28(36)24-2-1-16-32-18-24/h1-14,16,18,20,28,33,35-36H,15,17,19H2/t28-/m0/s1. The number of nitrogens with one attached hydrogen (secondary N) is 2. The van der Waals surface area contributed by atoms with Crippen LogP contribution in [0.3, 0.4) is 0 Å². The van der Waals surface area contributed by atoms with Crippen molar-refractivity contribution in [3.8, 4) is 22.8 Å². The Labute approximate surface area is 231 Å². The van der Waals surface area contributed by atoms with Crippen molar-refractivity contribution in [2.75, 3.05) is 17.8 Å². The van der Waals surface area contributed by atoms with Gasteiger partial charge in [-0.25, -0.2) is 17.8 Å². The number of sulfonamides is 1. The third kappa shape index (κ3) is 6.78. The first-order valence-electron chi connectivity index (χ1n) is 12.6. The fraction of sp³-hybridized carbons (Fsp3) is 0.133. The fourth-order valence-corrected chi connectivity index (χ4v) is 5.11. The Morgan fingerprint density at radius 3 is 2.33 bits per heavy atom. The van der Waals surface area contributed by atoms with Crippen molar-refractivity contribution in [2.45, 2.75) is 17.4 Å². The summed E-state index contributed by atoms with van der Waals surface area (Å²) >= 11 is 0. The number of oxazole rings is 1. The number of rotatable bonds is 11. The third-order valence-corrected chi connectivity index (χ3v) is 7.65. The van der Waals surface area contributed by atoms with Crippen LogP contribution in [0.4, 0.5) is 10.1 Å². The van der Waals surface area contributed by atoms with Crippen LogP contribution in [0, 0.1) is 5.82 Å². The molecule has 40 heavy (non-hydrogen) atoms. The van der Waals surface area contributed by atoms with Crippen molar-refractivity contribution in [3.63, 3.8) is 0 Å². The number of aromatic nitrogens is 2. The predicted molar refractivity (Wildman–Crippen MR) is 150 cm³/mol. The van der Waals surface area contributed by atoms with Crippen LogP contribution >= 0.6 is 0 Å². The van der Waals surface area contributed by atoms with Crippen molar-refractivity contribution in [2.24, 2.45) is 0 Å². The molecule has 8 nitrogen and oxygen atoms in total. The zero-order valence-corrected chi connectivity index (χ0v) is 22.2. The average molecular weight is 559 g/mol. The van der Waals surface area contributed by atoms with Crippen molar-refractivity contribution in [1.29, 1.82) is 0 Å². The number of hydrogen-bond acceptors (Lipinski definition) is 7. The van der Waals surface area contributed by atoms with E-state index in [-0.39, 0.29) is 10.7 Å². The molecule has 204 valence electrons. The van der Waals surface area contributed by atoms with Crippen LogP contribution in [0.1, 0.15) is 17.2 Å². The summed E-state index contributed by atoms with van der Waals surface area (Å²) in [4.78, 5) is 8.35. The minimum atomic E-state index is -3.80. The van der Waals surface area contributed by atoms with Crippen molar-refractivity contribution < 1.29 is 22.3 Å². The summed E-state index contributed by atoms with van der Waals surface area (Å²) in [6.07, 6.45) is 4.94. The molecular weight excluding hydrogens is 531 g/mol. The summed E-state index contributed by atoms with van der Waals surface area (Å²) in [5, 5.41) is 13.4. The molecule has 0 unspecified atom stereocenters. The van der Waals surface area contributed by atoms with Crippen molar-refractivity contribution >= 4 is 15.7 Å². The van der Waals surface area contributed by atoms with Gasteiger partial charge in [0.05, 0.1) is 17.2 Å². The summed E-state index contributed by atoms with van der Waals surface area (Å²) in [7, 11) is -3.80. The molecule has 0 saturated carbocycles. The van der Waals surface area contributed by atoms with E-state index < -0.39 is 16.1 Å². The molecular formula is C30H27FN4O4S.